The fourth-order valence-electron chi connectivity index (χ4n) is 1.90. The number of aryl methyl sites for hydroxylation is 1. The molecule has 2 aromatic rings. The molecule has 1 amide bonds. The van der Waals surface area contributed by atoms with Gasteiger partial charge in [-0.25, -0.2) is 5.43 Å². The van der Waals surface area contributed by atoms with E-state index < -0.39 is 0 Å². The SMILES string of the molecule is Cc1ccc(C(=O)NN=Cc2ccc(C(C)C)cc2)cc1. The lowest BCUT2D eigenvalue weighted by Crippen LogP contribution is -2.17. The predicted molar refractivity (Wildman–Crippen MR) is 86.8 cm³/mol. The fourth-order valence-corrected chi connectivity index (χ4v) is 1.90. The molecule has 0 unspecified atom stereocenters. The van der Waals surface area contributed by atoms with Crippen LogP contribution in [0.1, 0.15) is 46.8 Å². The lowest BCUT2D eigenvalue weighted by Gasteiger charge is -2.04. The summed E-state index contributed by atoms with van der Waals surface area (Å²) >= 11 is 0. The first-order valence-corrected chi connectivity index (χ1v) is 7.06. The molecule has 0 saturated heterocycles. The van der Waals surface area contributed by atoms with Crippen LogP contribution in [0.3, 0.4) is 0 Å². The van der Waals surface area contributed by atoms with Gasteiger partial charge in [-0.3, -0.25) is 4.79 Å². The molecule has 0 radical (unpaired) electrons. The number of amides is 1. The molecule has 0 aromatic heterocycles. The average molecular weight is 280 g/mol. The summed E-state index contributed by atoms with van der Waals surface area (Å²) in [6.07, 6.45) is 1.65. The van der Waals surface area contributed by atoms with E-state index in [0.717, 1.165) is 11.1 Å². The van der Waals surface area contributed by atoms with Gasteiger partial charge in [0.15, 0.2) is 0 Å². The fraction of sp³-hybridized carbons (Fsp3) is 0.222. The van der Waals surface area contributed by atoms with Crippen LogP contribution >= 0.6 is 0 Å². The molecule has 3 nitrogen and oxygen atoms in total. The molecule has 0 fully saturated rings. The van der Waals surface area contributed by atoms with Crippen molar-refractivity contribution in [2.45, 2.75) is 26.7 Å². The number of carbonyl (C=O) groups excluding carboxylic acids is 1. The van der Waals surface area contributed by atoms with Crippen LogP contribution in [0.25, 0.3) is 0 Å². The maximum Gasteiger partial charge on any atom is 0.271 e. The van der Waals surface area contributed by atoms with Crippen molar-refractivity contribution in [2.24, 2.45) is 5.10 Å². The molecule has 21 heavy (non-hydrogen) atoms. The number of nitrogens with one attached hydrogen (secondary N) is 1. The van der Waals surface area contributed by atoms with Gasteiger partial charge in [-0.15, -0.1) is 0 Å². The molecule has 0 aliphatic heterocycles. The Morgan fingerprint density at radius 2 is 1.67 bits per heavy atom. The molecule has 108 valence electrons. The van der Waals surface area contributed by atoms with E-state index in [-0.39, 0.29) is 5.91 Å². The van der Waals surface area contributed by atoms with E-state index in [1.165, 1.54) is 5.56 Å². The Balaban J connectivity index is 1.95. The van der Waals surface area contributed by atoms with Crippen molar-refractivity contribution in [3.63, 3.8) is 0 Å². The van der Waals surface area contributed by atoms with Gasteiger partial charge in [0.25, 0.3) is 5.91 Å². The summed E-state index contributed by atoms with van der Waals surface area (Å²) in [7, 11) is 0. The van der Waals surface area contributed by atoms with E-state index in [1.54, 1.807) is 18.3 Å². The zero-order valence-corrected chi connectivity index (χ0v) is 12.6. The monoisotopic (exact) mass is 280 g/mol. The van der Waals surface area contributed by atoms with E-state index in [4.69, 9.17) is 0 Å². The first-order valence-electron chi connectivity index (χ1n) is 7.06. The third-order valence-corrected chi connectivity index (χ3v) is 3.30. The topological polar surface area (TPSA) is 41.5 Å². The van der Waals surface area contributed by atoms with E-state index in [1.807, 2.05) is 31.2 Å². The van der Waals surface area contributed by atoms with Gasteiger partial charge < -0.3 is 0 Å². The van der Waals surface area contributed by atoms with Crippen molar-refractivity contribution in [2.75, 3.05) is 0 Å². The molecule has 3 heteroatoms. The molecular formula is C18H20N2O. The third kappa shape index (κ3) is 4.28. The first-order chi connectivity index (χ1) is 10.1. The first kappa shape index (κ1) is 15.0. The summed E-state index contributed by atoms with van der Waals surface area (Å²) in [6.45, 7) is 6.30. The average Bonchev–Trinajstić information content (AvgIpc) is 2.48. The molecular weight excluding hydrogens is 260 g/mol. The quantitative estimate of drug-likeness (QED) is 0.670. The number of carbonyl (C=O) groups is 1. The van der Waals surface area contributed by atoms with E-state index in [0.29, 0.717) is 11.5 Å². The van der Waals surface area contributed by atoms with Crippen molar-refractivity contribution < 1.29 is 4.79 Å². The minimum absolute atomic E-state index is 0.204. The van der Waals surface area contributed by atoms with Crippen LogP contribution in [0.5, 0.6) is 0 Å². The van der Waals surface area contributed by atoms with Crippen molar-refractivity contribution in [3.05, 3.63) is 70.8 Å². The second-order valence-electron chi connectivity index (χ2n) is 5.39. The minimum Gasteiger partial charge on any atom is -0.267 e. The predicted octanol–water partition coefficient (Wildman–Crippen LogP) is 3.88. The number of rotatable bonds is 4. The summed E-state index contributed by atoms with van der Waals surface area (Å²) in [5.41, 5.74) is 6.51. The van der Waals surface area contributed by atoms with Gasteiger partial charge >= 0.3 is 0 Å². The standard InChI is InChI=1S/C18H20N2O/c1-13(2)16-10-6-15(7-11-16)12-19-20-18(21)17-8-4-14(3)5-9-17/h4-13H,1-3H3,(H,20,21). The van der Waals surface area contributed by atoms with Gasteiger partial charge in [0, 0.05) is 5.56 Å². The van der Waals surface area contributed by atoms with E-state index >= 15 is 0 Å². The Morgan fingerprint density at radius 3 is 2.24 bits per heavy atom. The molecule has 0 bridgehead atoms. The van der Waals surface area contributed by atoms with Gasteiger partial charge in [-0.2, -0.15) is 5.10 Å². The van der Waals surface area contributed by atoms with Gasteiger partial charge in [-0.1, -0.05) is 55.8 Å². The van der Waals surface area contributed by atoms with Crippen LogP contribution < -0.4 is 5.43 Å². The highest BCUT2D eigenvalue weighted by Crippen LogP contribution is 2.13. The smallest absolute Gasteiger partial charge is 0.267 e. The number of hydrogen-bond donors (Lipinski definition) is 1. The van der Waals surface area contributed by atoms with Crippen LogP contribution in [0.4, 0.5) is 0 Å². The Kier molecular flexibility index (Phi) is 4.88. The summed E-state index contributed by atoms with van der Waals surface area (Å²) in [5.74, 6) is 0.308. The van der Waals surface area contributed by atoms with Gasteiger partial charge in [0.05, 0.1) is 6.21 Å². The Hall–Kier alpha value is -2.42. The highest BCUT2D eigenvalue weighted by Gasteiger charge is 2.02. The second-order valence-corrected chi connectivity index (χ2v) is 5.39. The Morgan fingerprint density at radius 1 is 1.05 bits per heavy atom. The largest absolute Gasteiger partial charge is 0.271 e. The second kappa shape index (κ2) is 6.84. The maximum absolute atomic E-state index is 11.9. The number of benzene rings is 2. The minimum atomic E-state index is -0.204. The van der Waals surface area contributed by atoms with Crippen molar-refractivity contribution in [1.82, 2.24) is 5.43 Å². The zero-order chi connectivity index (χ0) is 15.2. The molecule has 1 N–H and O–H groups in total. The molecule has 2 rings (SSSR count). The maximum atomic E-state index is 11.9. The van der Waals surface area contributed by atoms with Crippen molar-refractivity contribution >= 4 is 12.1 Å². The Bertz CT molecular complexity index is 625. The molecule has 0 aliphatic carbocycles. The summed E-state index contributed by atoms with van der Waals surface area (Å²) < 4.78 is 0. The molecule has 0 heterocycles. The highest BCUT2D eigenvalue weighted by molar-refractivity contribution is 5.94. The summed E-state index contributed by atoms with van der Waals surface area (Å²) in [4.78, 5) is 11.9. The zero-order valence-electron chi connectivity index (χ0n) is 12.6. The van der Waals surface area contributed by atoms with E-state index in [9.17, 15) is 4.79 Å². The third-order valence-electron chi connectivity index (χ3n) is 3.30. The van der Waals surface area contributed by atoms with E-state index in [2.05, 4.69) is 36.5 Å². The molecule has 2 aromatic carbocycles. The van der Waals surface area contributed by atoms with Gasteiger partial charge in [0.2, 0.25) is 0 Å². The molecule has 0 atom stereocenters. The highest BCUT2D eigenvalue weighted by atomic mass is 16.2. The van der Waals surface area contributed by atoms with Crippen LogP contribution in [0.15, 0.2) is 53.6 Å². The van der Waals surface area contributed by atoms with Crippen LogP contribution in [0.2, 0.25) is 0 Å². The van der Waals surface area contributed by atoms with Crippen LogP contribution in [-0.4, -0.2) is 12.1 Å². The Labute approximate surface area is 125 Å². The van der Waals surface area contributed by atoms with Crippen LogP contribution in [0, 0.1) is 6.92 Å². The normalized spacial score (nSPS) is 11.0. The van der Waals surface area contributed by atoms with Crippen molar-refractivity contribution in [3.8, 4) is 0 Å². The van der Waals surface area contributed by atoms with Gasteiger partial charge in [0.1, 0.15) is 0 Å². The lowest BCUT2D eigenvalue weighted by molar-refractivity contribution is 0.0955. The molecule has 0 aliphatic rings. The van der Waals surface area contributed by atoms with Crippen molar-refractivity contribution in [1.29, 1.82) is 0 Å². The number of nitrogens with zero attached hydrogens (tertiary/aromatic N) is 1. The number of hydrogen-bond acceptors (Lipinski definition) is 2. The van der Waals surface area contributed by atoms with Crippen LogP contribution in [-0.2, 0) is 0 Å². The number of hydrazone groups is 1. The molecule has 0 saturated carbocycles. The van der Waals surface area contributed by atoms with Gasteiger partial charge in [-0.05, 0) is 36.1 Å². The summed E-state index contributed by atoms with van der Waals surface area (Å²) in [5, 5.41) is 3.99. The molecule has 0 spiro atoms. The lowest BCUT2D eigenvalue weighted by atomic mass is 10.0. The summed E-state index contributed by atoms with van der Waals surface area (Å²) in [6, 6.07) is 15.5.